The van der Waals surface area contributed by atoms with Crippen LogP contribution >= 0.6 is 0 Å². The average Bonchev–Trinajstić information content (AvgIpc) is 1.69. The topological polar surface area (TPSA) is 616 Å². The number of nitrogens with one attached hydrogen (secondary N) is 9. The third-order valence-corrected chi connectivity index (χ3v) is 22.1. The molecule has 0 unspecified atom stereocenters. The number of aliphatic carboxylic acids is 1. The lowest BCUT2D eigenvalue weighted by molar-refractivity contribution is -0.155. The number of imide groups is 2. The minimum absolute atomic E-state index is 0.0162. The molecule has 16 amide bonds. The van der Waals surface area contributed by atoms with E-state index in [1.54, 1.807) is 156 Å². The summed E-state index contributed by atoms with van der Waals surface area (Å²) in [6, 6.07) is 14.8. The van der Waals surface area contributed by atoms with E-state index in [9.17, 15) is 109 Å². The number of nitrogens with zero attached hydrogens (tertiary/aromatic N) is 2. The van der Waals surface area contributed by atoms with Gasteiger partial charge in [0.25, 0.3) is 23.6 Å². The number of carboxylic acids is 1. The SMILES string of the molecule is C=CS(=O)(=O)CCCCCC(=O)N[C@H](CC)C(=O)C[C@H](CCCNC(N)=O)C(=O)Nc1ccc(COC(=O)C(C)(C)C)cc1.CC.CC(C)(C)C(=O)OCc1ccc(NC(=O)[C@H](CCCNC(N)=O)CC(=O)[C@H](CC(=O)O)NC(=O)CCCCCN2C(=O)C=CC2=O)cc1.CC(C)[C@@H](NC(=O)CN1C(=O)C=CC1=O)C(=O)C[C@H](CCCNC(N)=O)C(=O)Nc1ccc(COC(=O)C(C)(C)C)cc1. The van der Waals surface area contributed by atoms with Gasteiger partial charge >= 0.3 is 42.0 Å². The van der Waals surface area contributed by atoms with E-state index in [1.165, 1.54) is 12.2 Å². The van der Waals surface area contributed by atoms with E-state index in [0.717, 1.165) is 38.5 Å². The molecule has 2 aliphatic heterocycles. The number of ether oxygens (including phenoxy) is 3. The number of primary amides is 3. The highest BCUT2D eigenvalue weighted by molar-refractivity contribution is 7.94. The van der Waals surface area contributed by atoms with E-state index in [4.69, 9.17) is 31.4 Å². The molecule has 40 nitrogen and oxygen atoms in total. The molecule has 0 saturated heterocycles. The fraction of sp³-hybridized carbons (Fsp3) is 0.542. The number of sulfone groups is 1. The van der Waals surface area contributed by atoms with Crippen molar-refractivity contribution in [3.8, 4) is 0 Å². The Morgan fingerprint density at radius 2 is 0.752 bits per heavy atom. The number of carbonyl (C=O) groups excluding carboxylic acids is 19. The Morgan fingerprint density at radius 3 is 1.07 bits per heavy atom. The van der Waals surface area contributed by atoms with Crippen molar-refractivity contribution in [2.24, 2.45) is 57.1 Å². The monoisotopic (exact) mass is 1940 g/mol. The number of esters is 3. The number of hydrogen-bond acceptors (Lipinski definition) is 25. The van der Waals surface area contributed by atoms with Gasteiger partial charge in [-0.3, -0.25) is 91.3 Å². The molecule has 0 bridgehead atoms. The highest BCUT2D eigenvalue weighted by Gasteiger charge is 2.36. The number of carbonyl (C=O) groups is 20. The van der Waals surface area contributed by atoms with Crippen LogP contribution in [0.3, 0.4) is 0 Å². The third-order valence-electron chi connectivity index (χ3n) is 20.7. The maximum atomic E-state index is 13.4. The summed E-state index contributed by atoms with van der Waals surface area (Å²) in [4.78, 5) is 247. The molecule has 2 aliphatic rings. The van der Waals surface area contributed by atoms with Crippen LogP contribution in [0.1, 0.15) is 236 Å². The van der Waals surface area contributed by atoms with Gasteiger partial charge in [0.05, 0.1) is 46.5 Å². The zero-order valence-electron chi connectivity index (χ0n) is 81.1. The van der Waals surface area contributed by atoms with Crippen molar-refractivity contribution in [3.05, 3.63) is 126 Å². The number of unbranched alkanes of at least 4 members (excludes halogenated alkanes) is 4. The minimum atomic E-state index is -3.27. The Balaban J connectivity index is 0.000000690. The van der Waals surface area contributed by atoms with Gasteiger partial charge in [-0.25, -0.2) is 22.8 Å². The summed E-state index contributed by atoms with van der Waals surface area (Å²) < 4.78 is 38.9. The number of carboxylic acid groups (broad SMARTS) is 1. The first-order valence-electron chi connectivity index (χ1n) is 45.6. The van der Waals surface area contributed by atoms with Crippen molar-refractivity contribution in [1.82, 2.24) is 41.7 Å². The Labute approximate surface area is 800 Å². The van der Waals surface area contributed by atoms with Crippen LogP contribution in [0.15, 0.2) is 109 Å². The molecule has 0 fully saturated rings. The number of Topliss-reactive ketones (excluding diaryl/α,β-unsaturated/α-hetero) is 3. The molecule has 41 heteroatoms. The van der Waals surface area contributed by atoms with Crippen LogP contribution in [0.2, 0.25) is 0 Å². The smallest absolute Gasteiger partial charge is 0.312 e. The summed E-state index contributed by atoms with van der Waals surface area (Å²) in [5.74, 6) is -11.5. The van der Waals surface area contributed by atoms with E-state index >= 15 is 0 Å². The molecule has 756 valence electrons. The van der Waals surface area contributed by atoms with Crippen molar-refractivity contribution < 1.29 is 124 Å². The summed E-state index contributed by atoms with van der Waals surface area (Å²) in [5.41, 5.74) is 17.0. The fourth-order valence-corrected chi connectivity index (χ4v) is 13.6. The number of ketones is 3. The number of urea groups is 3. The van der Waals surface area contributed by atoms with Gasteiger partial charge in [-0.2, -0.15) is 0 Å². The van der Waals surface area contributed by atoms with Gasteiger partial charge in [0.2, 0.25) is 35.4 Å². The summed E-state index contributed by atoms with van der Waals surface area (Å²) in [5, 5.41) is 33.8. The quantitative estimate of drug-likeness (QED) is 0.0109. The van der Waals surface area contributed by atoms with Crippen LogP contribution in [0.25, 0.3) is 0 Å². The summed E-state index contributed by atoms with van der Waals surface area (Å²) in [6.45, 7) is 28.7. The number of amides is 16. The van der Waals surface area contributed by atoms with Crippen molar-refractivity contribution in [2.45, 2.75) is 257 Å². The molecule has 3 aromatic rings. The van der Waals surface area contributed by atoms with Crippen LogP contribution in [0.4, 0.5) is 31.4 Å². The molecule has 5 rings (SSSR count). The lowest BCUT2D eigenvalue weighted by Crippen LogP contribution is -2.49. The van der Waals surface area contributed by atoms with E-state index in [2.05, 4.69) is 54.4 Å². The van der Waals surface area contributed by atoms with Crippen LogP contribution < -0.4 is 65.1 Å². The molecule has 16 N–H and O–H groups in total. The first-order valence-corrected chi connectivity index (χ1v) is 47.3. The number of rotatable bonds is 55. The molecular formula is C96H140N14O26S. The van der Waals surface area contributed by atoms with Gasteiger partial charge in [0.1, 0.15) is 26.4 Å². The first kappa shape index (κ1) is 120. The Bertz CT molecular complexity index is 4790. The Morgan fingerprint density at radius 1 is 0.431 bits per heavy atom. The zero-order valence-corrected chi connectivity index (χ0v) is 81.9. The predicted molar refractivity (Wildman–Crippen MR) is 510 cm³/mol. The standard InChI is InChI=1S/C33H45N5O10.C31H48N4O8S.C30H41N5O8.C2H6/c1-33(2,3)31(46)48-20-21-10-12-23(13-11-21)36-30(45)22(8-7-16-35-32(34)47)18-25(39)24(19-29(43)44)37-26(40)9-5-4-6-17-38-27(41)14-15-28(38)42;1-6-25(35-27(37)13-9-8-10-19-44(41,42)7-2)26(36)20-23(12-11-18-33-30(32)40)28(38)34-24-16-14-22(15-17-24)21-43-29(39)31(3,4)5;1-18(2)26(34-23(37)16-35-24(38)12-13-25(35)39)22(36)15-20(7-6-14-32-29(31)42)27(40)33-21-10-8-19(9-11-21)17-43-28(41)30(3,4)5;1-2/h10-15,22,24H,4-9,16-20H2,1-3H3,(H,36,45)(H,37,40)(H,43,44)(H3,34,35,47);7,14-17,23,25H,2,6,8-13,18-21H2,1,3-5H3,(H,34,38)(H,35,37)(H3,32,33,40);8-13,18,20,26H,6-7,14-17H2,1-5H3,(H,33,40)(H,34,37)(H3,31,32,42);1-2H3/t22-,24+;23-,25+;20-,26+;/m100./s1. The number of anilines is 3. The molecule has 0 saturated carbocycles. The Kier molecular flexibility index (Phi) is 53.2. The molecular weight excluding hydrogens is 1800 g/mol. The summed E-state index contributed by atoms with van der Waals surface area (Å²) in [6.07, 6.45) is 8.04. The first-order chi connectivity index (χ1) is 64.2. The fourth-order valence-electron chi connectivity index (χ4n) is 12.8. The largest absolute Gasteiger partial charge is 0.481 e. The van der Waals surface area contributed by atoms with Crippen molar-refractivity contribution >= 4 is 145 Å². The second-order valence-corrected chi connectivity index (χ2v) is 38.0. The van der Waals surface area contributed by atoms with Crippen LogP contribution in [-0.4, -0.2) is 198 Å². The molecule has 0 aromatic heterocycles. The number of nitrogens with two attached hydrogens (primary N) is 3. The zero-order chi connectivity index (χ0) is 104. The van der Waals surface area contributed by atoms with Gasteiger partial charge in [-0.1, -0.05) is 90.4 Å². The van der Waals surface area contributed by atoms with Gasteiger partial charge < -0.3 is 84.4 Å². The van der Waals surface area contributed by atoms with Crippen LogP contribution in [0, 0.1) is 39.9 Å². The molecule has 0 aliphatic carbocycles. The molecule has 0 spiro atoms. The van der Waals surface area contributed by atoms with E-state index in [0.29, 0.717) is 80.4 Å². The van der Waals surface area contributed by atoms with Gasteiger partial charge in [-0.15, -0.1) is 0 Å². The van der Waals surface area contributed by atoms with Crippen molar-refractivity contribution in [3.63, 3.8) is 0 Å². The molecule has 3 aromatic carbocycles. The lowest BCUT2D eigenvalue weighted by Gasteiger charge is -2.25. The predicted octanol–water partition coefficient (Wildman–Crippen LogP) is 8.77. The van der Waals surface area contributed by atoms with Crippen LogP contribution in [0.5, 0.6) is 0 Å². The van der Waals surface area contributed by atoms with E-state index in [-0.39, 0.29) is 151 Å². The number of benzene rings is 3. The molecule has 6 atom stereocenters. The maximum Gasteiger partial charge on any atom is 0.312 e. The van der Waals surface area contributed by atoms with Crippen molar-refractivity contribution in [2.75, 3.05) is 54.4 Å². The average molecular weight is 1940 g/mol. The van der Waals surface area contributed by atoms with Gasteiger partial charge in [0, 0.05) is 123 Å². The second kappa shape index (κ2) is 60.9. The summed E-state index contributed by atoms with van der Waals surface area (Å²) in [7, 11) is -3.27. The highest BCUT2D eigenvalue weighted by atomic mass is 32.2. The van der Waals surface area contributed by atoms with E-state index < -0.39 is 158 Å². The third kappa shape index (κ3) is 49.1. The molecule has 0 radical (unpaired) electrons. The van der Waals surface area contributed by atoms with Crippen molar-refractivity contribution in [1.29, 1.82) is 0 Å². The highest BCUT2D eigenvalue weighted by Crippen LogP contribution is 2.27. The normalized spacial score (nSPS) is 13.5. The second-order valence-electron chi connectivity index (χ2n) is 35.9. The Hall–Kier alpha value is -13.4. The van der Waals surface area contributed by atoms with Gasteiger partial charge in [0.15, 0.2) is 27.2 Å². The number of hydrogen-bond donors (Lipinski definition) is 13. The van der Waals surface area contributed by atoms with E-state index in [1.807, 2.05) is 13.8 Å². The molecule has 2 heterocycles. The molecule has 137 heavy (non-hydrogen) atoms. The summed E-state index contributed by atoms with van der Waals surface area (Å²) >= 11 is 0. The van der Waals surface area contributed by atoms with Crippen LogP contribution in [-0.2, 0) is 125 Å². The van der Waals surface area contributed by atoms with Gasteiger partial charge in [-0.05, 0) is 192 Å². The maximum absolute atomic E-state index is 13.4. The lowest BCUT2D eigenvalue weighted by atomic mass is 9.89. The minimum Gasteiger partial charge on any atom is -0.481 e.